The Morgan fingerprint density at radius 3 is 2.58 bits per heavy atom. The highest BCUT2D eigenvalue weighted by Crippen LogP contribution is 2.37. The van der Waals surface area contributed by atoms with Crippen molar-refractivity contribution >= 4 is 27.1 Å². The molecule has 38 heavy (non-hydrogen) atoms. The third-order valence-electron chi connectivity index (χ3n) is 6.10. The smallest absolute Gasteiger partial charge is 0.351 e. The first-order valence-electron chi connectivity index (χ1n) is 11.7. The molecule has 1 aliphatic heterocycles. The summed E-state index contributed by atoms with van der Waals surface area (Å²) in [6, 6.07) is 3.35. The van der Waals surface area contributed by atoms with E-state index in [1.54, 1.807) is 4.90 Å². The van der Waals surface area contributed by atoms with Crippen molar-refractivity contribution in [3.63, 3.8) is 0 Å². The van der Waals surface area contributed by atoms with Crippen molar-refractivity contribution in [1.82, 2.24) is 20.1 Å². The van der Waals surface area contributed by atoms with Crippen molar-refractivity contribution in [2.75, 3.05) is 24.2 Å². The highest BCUT2D eigenvalue weighted by Gasteiger charge is 2.33. The van der Waals surface area contributed by atoms with E-state index in [0.717, 1.165) is 18.6 Å². The number of hydrogen-bond donors (Lipinski definition) is 0. The van der Waals surface area contributed by atoms with Gasteiger partial charge in [-0.15, -0.1) is 0 Å². The molecule has 0 saturated carbocycles. The Morgan fingerprint density at radius 2 is 2.00 bits per heavy atom. The van der Waals surface area contributed by atoms with Crippen LogP contribution in [-0.4, -0.2) is 58.5 Å². The Balaban J connectivity index is 1.53. The summed E-state index contributed by atoms with van der Waals surface area (Å²) in [5.41, 5.74) is -0.480. The molecule has 1 aromatic carbocycles. The van der Waals surface area contributed by atoms with Gasteiger partial charge in [0.1, 0.15) is 12.1 Å². The zero-order chi connectivity index (χ0) is 27.6. The predicted octanol–water partition coefficient (Wildman–Crippen LogP) is 3.62. The molecule has 15 heteroatoms. The van der Waals surface area contributed by atoms with Crippen LogP contribution in [0.25, 0.3) is 0 Å². The number of nitro groups is 1. The van der Waals surface area contributed by atoms with Gasteiger partial charge in [0.15, 0.2) is 15.7 Å². The van der Waals surface area contributed by atoms with Crippen LogP contribution < -0.4 is 9.74 Å². The van der Waals surface area contributed by atoms with Crippen molar-refractivity contribution < 1.29 is 27.1 Å². The molecule has 3 heterocycles. The lowest BCUT2D eigenvalue weighted by atomic mass is 9.96. The van der Waals surface area contributed by atoms with Crippen molar-refractivity contribution in [3.05, 3.63) is 57.7 Å². The molecule has 0 amide bonds. The summed E-state index contributed by atoms with van der Waals surface area (Å²) < 4.78 is 43.2. The molecule has 1 fully saturated rings. The fraction of sp³-hybridized carbons (Fsp3) is 0.435. The summed E-state index contributed by atoms with van der Waals surface area (Å²) in [6.45, 7) is 6.26. The maximum atomic E-state index is 14.5. The Hall–Kier alpha value is -4.01. The van der Waals surface area contributed by atoms with Gasteiger partial charge in [0.05, 0.1) is 15.5 Å². The zero-order valence-electron chi connectivity index (χ0n) is 21.2. The van der Waals surface area contributed by atoms with Gasteiger partial charge in [-0.2, -0.15) is 9.97 Å². The fourth-order valence-electron chi connectivity index (χ4n) is 3.98. The maximum absolute atomic E-state index is 14.5. The number of aromatic nitrogens is 4. The minimum atomic E-state index is -3.60. The molecule has 0 spiro atoms. The molecular formula is C23H26FN7O6S. The quantitative estimate of drug-likeness (QED) is 0.229. The summed E-state index contributed by atoms with van der Waals surface area (Å²) in [5, 5.41) is 19.8. The molecule has 0 N–H and O–H groups in total. The second-order valence-electron chi connectivity index (χ2n) is 9.20. The van der Waals surface area contributed by atoms with Crippen LogP contribution in [0.1, 0.15) is 62.7 Å². The molecule has 2 aromatic heterocycles. The number of anilines is 1. The molecule has 1 saturated heterocycles. The number of rotatable bonds is 8. The first-order valence-corrected chi connectivity index (χ1v) is 13.6. The van der Waals surface area contributed by atoms with Gasteiger partial charge in [-0.25, -0.2) is 17.8 Å². The number of sulfone groups is 1. The lowest BCUT2D eigenvalue weighted by molar-refractivity contribution is -0.385. The van der Waals surface area contributed by atoms with Crippen molar-refractivity contribution in [2.45, 2.75) is 50.3 Å². The molecule has 0 bridgehead atoms. The fourth-order valence-corrected chi connectivity index (χ4v) is 4.61. The Labute approximate surface area is 217 Å². The summed E-state index contributed by atoms with van der Waals surface area (Å²) in [5.74, 6) is 0.189. The molecule has 0 unspecified atom stereocenters. The number of piperidine rings is 1. The van der Waals surface area contributed by atoms with Crippen LogP contribution in [0.5, 0.6) is 5.88 Å². The summed E-state index contributed by atoms with van der Waals surface area (Å²) in [4.78, 5) is 30.6. The van der Waals surface area contributed by atoms with Crippen LogP contribution in [0.4, 0.5) is 15.9 Å². The summed E-state index contributed by atoms with van der Waals surface area (Å²) in [6.07, 6.45) is 3.34. The van der Waals surface area contributed by atoms with E-state index in [2.05, 4.69) is 25.3 Å². The van der Waals surface area contributed by atoms with Crippen LogP contribution in [-0.2, 0) is 9.84 Å². The lowest BCUT2D eigenvalue weighted by Crippen LogP contribution is -2.34. The topological polar surface area (TPSA) is 167 Å². The molecule has 4 rings (SSSR count). The second-order valence-corrected chi connectivity index (χ2v) is 11.2. The van der Waals surface area contributed by atoms with E-state index in [9.17, 15) is 22.9 Å². The molecule has 202 valence electrons. The Bertz CT molecular complexity index is 1480. The van der Waals surface area contributed by atoms with Crippen molar-refractivity contribution in [1.29, 1.82) is 0 Å². The van der Waals surface area contributed by atoms with Gasteiger partial charge in [0.2, 0.25) is 11.7 Å². The van der Waals surface area contributed by atoms with Gasteiger partial charge >= 0.3 is 11.6 Å². The third-order valence-corrected chi connectivity index (χ3v) is 7.21. The highest BCUT2D eigenvalue weighted by molar-refractivity contribution is 7.90. The van der Waals surface area contributed by atoms with Crippen LogP contribution in [0.3, 0.4) is 0 Å². The largest absolute Gasteiger partial charge is 0.375 e. The van der Waals surface area contributed by atoms with E-state index >= 15 is 0 Å². The number of halogens is 1. The Kier molecular flexibility index (Phi) is 7.66. The van der Waals surface area contributed by atoms with E-state index in [4.69, 9.17) is 9.36 Å². The maximum Gasteiger partial charge on any atom is 0.375 e. The van der Waals surface area contributed by atoms with Crippen molar-refractivity contribution in [3.8, 4) is 5.88 Å². The SMILES string of the molecule is CC(=NOc1ncnc(N2CCC(c3nc(C(C)C)no3)CC2)c1[N+](=O)[O-])c1ccc(S(C)(=O)=O)cc1F. The van der Waals surface area contributed by atoms with E-state index < -0.39 is 32.1 Å². The molecule has 13 nitrogen and oxygen atoms in total. The van der Waals surface area contributed by atoms with Crippen molar-refractivity contribution in [2.24, 2.45) is 5.16 Å². The van der Waals surface area contributed by atoms with E-state index in [-0.39, 0.29) is 33.8 Å². The van der Waals surface area contributed by atoms with Gasteiger partial charge in [-0.3, -0.25) is 10.1 Å². The van der Waals surface area contributed by atoms with Gasteiger partial charge in [0, 0.05) is 36.7 Å². The van der Waals surface area contributed by atoms with Gasteiger partial charge in [0.25, 0.3) is 0 Å². The van der Waals surface area contributed by atoms with E-state index in [1.165, 1.54) is 19.1 Å². The third kappa shape index (κ3) is 5.77. The minimum Gasteiger partial charge on any atom is -0.351 e. The number of benzene rings is 1. The summed E-state index contributed by atoms with van der Waals surface area (Å²) >= 11 is 0. The summed E-state index contributed by atoms with van der Waals surface area (Å²) in [7, 11) is -3.60. The second kappa shape index (κ2) is 10.8. The van der Waals surface area contributed by atoms with E-state index in [1.807, 2.05) is 13.8 Å². The molecular weight excluding hydrogens is 521 g/mol. The molecule has 1 aliphatic rings. The number of hydrogen-bond acceptors (Lipinski definition) is 12. The predicted molar refractivity (Wildman–Crippen MR) is 134 cm³/mol. The molecule has 0 atom stereocenters. The standard InChI is InChI=1S/C23H26FN7O6S/c1-13(2)20-27-22(36-29-20)15-7-9-30(10-8-15)21-19(31(32)33)23(26-12-25-21)37-28-14(3)17-6-5-16(11-18(17)24)38(4,34)35/h5-6,11-13,15H,7-10H2,1-4H3. The van der Waals surface area contributed by atoms with Gasteiger partial charge in [-0.05, 0) is 38.0 Å². The van der Waals surface area contributed by atoms with Crippen LogP contribution in [0.2, 0.25) is 0 Å². The highest BCUT2D eigenvalue weighted by atomic mass is 32.2. The average Bonchev–Trinajstić information content (AvgIpc) is 3.37. The van der Waals surface area contributed by atoms with Crippen LogP contribution >= 0.6 is 0 Å². The normalized spacial score (nSPS) is 15.2. The monoisotopic (exact) mass is 547 g/mol. The lowest BCUT2D eigenvalue weighted by Gasteiger charge is -2.30. The van der Waals surface area contributed by atoms with Crippen LogP contribution in [0.15, 0.2) is 39.1 Å². The first-order chi connectivity index (χ1) is 18.0. The number of nitrogens with zero attached hydrogens (tertiary/aromatic N) is 7. The zero-order valence-corrected chi connectivity index (χ0v) is 22.0. The number of oxime groups is 1. The molecule has 0 aliphatic carbocycles. The Morgan fingerprint density at radius 1 is 1.29 bits per heavy atom. The van der Waals surface area contributed by atoms with Gasteiger partial charge < -0.3 is 14.3 Å². The molecule has 0 radical (unpaired) electrons. The van der Waals surface area contributed by atoms with Gasteiger partial charge in [-0.1, -0.05) is 24.2 Å². The minimum absolute atomic E-state index is 0.0261. The molecule has 3 aromatic rings. The van der Waals surface area contributed by atoms with Crippen LogP contribution in [0, 0.1) is 15.9 Å². The first kappa shape index (κ1) is 27.0. The average molecular weight is 548 g/mol. The van der Waals surface area contributed by atoms with E-state index in [0.29, 0.717) is 37.6 Å².